The van der Waals surface area contributed by atoms with Crippen molar-refractivity contribution in [2.45, 2.75) is 59.2 Å². The van der Waals surface area contributed by atoms with Crippen molar-refractivity contribution in [2.24, 2.45) is 0 Å². The van der Waals surface area contributed by atoms with Gasteiger partial charge in [0, 0.05) is 22.3 Å². The minimum Gasteiger partial charge on any atom is -0.352 e. The van der Waals surface area contributed by atoms with Crippen LogP contribution in [-0.2, 0) is 11.3 Å². The van der Waals surface area contributed by atoms with E-state index in [4.69, 9.17) is 0 Å². The predicted octanol–water partition coefficient (Wildman–Crippen LogP) is 2.84. The van der Waals surface area contributed by atoms with Gasteiger partial charge in [0.05, 0.1) is 6.04 Å². The molecule has 0 aliphatic carbocycles. The van der Waals surface area contributed by atoms with Crippen molar-refractivity contribution >= 4 is 17.2 Å². The van der Waals surface area contributed by atoms with Gasteiger partial charge in [0.1, 0.15) is 0 Å². The Labute approximate surface area is 114 Å². The maximum absolute atomic E-state index is 11.9. The predicted molar refractivity (Wildman–Crippen MR) is 77.9 cm³/mol. The smallest absolute Gasteiger partial charge is 0.237 e. The summed E-state index contributed by atoms with van der Waals surface area (Å²) in [5.74, 6) is 0.0872. The molecule has 1 aromatic heterocycles. The van der Waals surface area contributed by atoms with Crippen molar-refractivity contribution in [2.75, 3.05) is 0 Å². The van der Waals surface area contributed by atoms with E-state index < -0.39 is 0 Å². The Balaban J connectivity index is 2.31. The van der Waals surface area contributed by atoms with Crippen molar-refractivity contribution in [3.8, 4) is 0 Å². The summed E-state index contributed by atoms with van der Waals surface area (Å²) < 4.78 is 0. The van der Waals surface area contributed by atoms with E-state index >= 15 is 0 Å². The third-order valence-corrected chi connectivity index (χ3v) is 3.88. The van der Waals surface area contributed by atoms with E-state index in [0.29, 0.717) is 0 Å². The largest absolute Gasteiger partial charge is 0.352 e. The second-order valence-corrected chi connectivity index (χ2v) is 6.19. The molecule has 1 amide bonds. The monoisotopic (exact) mass is 268 g/mol. The highest BCUT2D eigenvalue weighted by molar-refractivity contribution is 7.11. The average molecular weight is 268 g/mol. The van der Waals surface area contributed by atoms with Gasteiger partial charge >= 0.3 is 0 Å². The number of amides is 1. The Bertz CT molecular complexity index is 376. The molecule has 18 heavy (non-hydrogen) atoms. The molecule has 1 rings (SSSR count). The molecular formula is C14H24N2OS. The molecule has 4 heteroatoms. The van der Waals surface area contributed by atoms with Crippen molar-refractivity contribution in [1.29, 1.82) is 0 Å². The van der Waals surface area contributed by atoms with Crippen LogP contribution in [0.3, 0.4) is 0 Å². The Morgan fingerprint density at radius 3 is 2.67 bits per heavy atom. The molecule has 1 aromatic rings. The summed E-state index contributed by atoms with van der Waals surface area (Å²) in [6.07, 6.45) is 2.13. The van der Waals surface area contributed by atoms with Gasteiger partial charge in [-0.1, -0.05) is 13.3 Å². The summed E-state index contributed by atoms with van der Waals surface area (Å²) >= 11 is 1.77. The molecule has 0 aromatic carbocycles. The average Bonchev–Trinajstić information content (AvgIpc) is 2.72. The van der Waals surface area contributed by atoms with E-state index in [0.717, 1.165) is 19.4 Å². The third-order valence-electron chi connectivity index (χ3n) is 2.88. The van der Waals surface area contributed by atoms with Crippen LogP contribution in [0, 0.1) is 6.92 Å². The number of aryl methyl sites for hydroxylation is 1. The Morgan fingerprint density at radius 1 is 1.39 bits per heavy atom. The molecular weight excluding hydrogens is 244 g/mol. The van der Waals surface area contributed by atoms with Gasteiger partial charge in [0.2, 0.25) is 5.91 Å². The lowest BCUT2D eigenvalue weighted by Gasteiger charge is -2.17. The zero-order valence-corrected chi connectivity index (χ0v) is 12.6. The normalized spacial score (nSPS) is 14.2. The van der Waals surface area contributed by atoms with E-state index in [9.17, 15) is 4.79 Å². The maximum atomic E-state index is 11.9. The van der Waals surface area contributed by atoms with E-state index in [1.54, 1.807) is 11.3 Å². The van der Waals surface area contributed by atoms with Gasteiger partial charge in [-0.05, 0) is 39.3 Å². The molecule has 0 saturated heterocycles. The molecule has 2 unspecified atom stereocenters. The van der Waals surface area contributed by atoms with Crippen molar-refractivity contribution in [1.82, 2.24) is 10.6 Å². The van der Waals surface area contributed by atoms with Gasteiger partial charge in [0.15, 0.2) is 0 Å². The second-order valence-electron chi connectivity index (χ2n) is 4.81. The minimum atomic E-state index is -0.147. The fourth-order valence-corrected chi connectivity index (χ4v) is 2.64. The SMILES string of the molecule is CCCC(C)NC(=O)C(C)NCc1ccc(C)s1. The van der Waals surface area contributed by atoms with Crippen molar-refractivity contribution in [3.63, 3.8) is 0 Å². The topological polar surface area (TPSA) is 41.1 Å². The minimum absolute atomic E-state index is 0.0872. The first kappa shape index (κ1) is 15.2. The molecule has 0 spiro atoms. The van der Waals surface area contributed by atoms with Gasteiger partial charge in [-0.2, -0.15) is 0 Å². The number of carbonyl (C=O) groups excluding carboxylic acids is 1. The Hall–Kier alpha value is -0.870. The fourth-order valence-electron chi connectivity index (χ4n) is 1.80. The van der Waals surface area contributed by atoms with Crippen LogP contribution >= 0.6 is 11.3 Å². The van der Waals surface area contributed by atoms with Gasteiger partial charge in [-0.15, -0.1) is 11.3 Å². The molecule has 2 N–H and O–H groups in total. The van der Waals surface area contributed by atoms with Gasteiger partial charge in [-0.3, -0.25) is 4.79 Å². The second kappa shape index (κ2) is 7.54. The molecule has 102 valence electrons. The quantitative estimate of drug-likeness (QED) is 0.798. The summed E-state index contributed by atoms with van der Waals surface area (Å²) in [5.41, 5.74) is 0. The number of hydrogen-bond donors (Lipinski definition) is 2. The van der Waals surface area contributed by atoms with Crippen LogP contribution < -0.4 is 10.6 Å². The molecule has 0 aliphatic rings. The lowest BCUT2D eigenvalue weighted by Crippen LogP contribution is -2.45. The number of thiophene rings is 1. The third kappa shape index (κ3) is 5.19. The summed E-state index contributed by atoms with van der Waals surface area (Å²) in [6.45, 7) is 8.95. The van der Waals surface area contributed by atoms with Gasteiger partial charge in [0.25, 0.3) is 0 Å². The zero-order chi connectivity index (χ0) is 13.5. The summed E-state index contributed by atoms with van der Waals surface area (Å²) in [6, 6.07) is 4.33. The molecule has 0 aliphatic heterocycles. The maximum Gasteiger partial charge on any atom is 0.237 e. The number of hydrogen-bond acceptors (Lipinski definition) is 3. The van der Waals surface area contributed by atoms with Crippen LogP contribution in [0.5, 0.6) is 0 Å². The molecule has 0 saturated carbocycles. The fraction of sp³-hybridized carbons (Fsp3) is 0.643. The van der Waals surface area contributed by atoms with Crippen LogP contribution in [0.4, 0.5) is 0 Å². The van der Waals surface area contributed by atoms with Crippen LogP contribution in [0.1, 0.15) is 43.4 Å². The lowest BCUT2D eigenvalue weighted by atomic mass is 10.2. The van der Waals surface area contributed by atoms with Crippen LogP contribution in [0.25, 0.3) is 0 Å². The van der Waals surface area contributed by atoms with Crippen LogP contribution in [0.15, 0.2) is 12.1 Å². The molecule has 3 nitrogen and oxygen atoms in total. The number of rotatable bonds is 7. The zero-order valence-electron chi connectivity index (χ0n) is 11.7. The van der Waals surface area contributed by atoms with E-state index in [-0.39, 0.29) is 18.0 Å². The van der Waals surface area contributed by atoms with E-state index in [2.05, 4.69) is 43.5 Å². The summed E-state index contributed by atoms with van der Waals surface area (Å²) in [5, 5.41) is 6.28. The number of carbonyl (C=O) groups is 1. The molecule has 0 bridgehead atoms. The Morgan fingerprint density at radius 2 is 2.11 bits per heavy atom. The first-order valence-electron chi connectivity index (χ1n) is 6.62. The summed E-state index contributed by atoms with van der Waals surface area (Å²) in [7, 11) is 0. The first-order valence-corrected chi connectivity index (χ1v) is 7.43. The molecule has 1 heterocycles. The molecule has 2 atom stereocenters. The molecule has 0 fully saturated rings. The van der Waals surface area contributed by atoms with E-state index in [1.807, 2.05) is 6.92 Å². The highest BCUT2D eigenvalue weighted by Gasteiger charge is 2.14. The molecule has 0 radical (unpaired) electrons. The Kier molecular flexibility index (Phi) is 6.36. The highest BCUT2D eigenvalue weighted by Crippen LogP contribution is 2.14. The van der Waals surface area contributed by atoms with Gasteiger partial charge in [-0.25, -0.2) is 0 Å². The van der Waals surface area contributed by atoms with E-state index in [1.165, 1.54) is 9.75 Å². The first-order chi connectivity index (χ1) is 8.52. The number of nitrogens with one attached hydrogen (secondary N) is 2. The standard InChI is InChI=1S/C14H24N2OS/c1-5-6-10(2)16-14(17)12(4)15-9-13-8-7-11(3)18-13/h7-8,10,12,15H,5-6,9H2,1-4H3,(H,16,17). The van der Waals surface area contributed by atoms with Crippen molar-refractivity contribution < 1.29 is 4.79 Å². The summed E-state index contributed by atoms with van der Waals surface area (Å²) in [4.78, 5) is 14.5. The highest BCUT2D eigenvalue weighted by atomic mass is 32.1. The van der Waals surface area contributed by atoms with Crippen molar-refractivity contribution in [3.05, 3.63) is 21.9 Å². The lowest BCUT2D eigenvalue weighted by molar-refractivity contribution is -0.123. The van der Waals surface area contributed by atoms with Gasteiger partial charge < -0.3 is 10.6 Å². The van der Waals surface area contributed by atoms with Crippen LogP contribution in [0.2, 0.25) is 0 Å². The van der Waals surface area contributed by atoms with Crippen LogP contribution in [-0.4, -0.2) is 18.0 Å².